The van der Waals surface area contributed by atoms with E-state index in [1.807, 2.05) is 0 Å². The van der Waals surface area contributed by atoms with Gasteiger partial charge < -0.3 is 15.5 Å². The first-order chi connectivity index (χ1) is 15.7. The van der Waals surface area contributed by atoms with Crippen LogP contribution in [-0.2, 0) is 11.2 Å². The van der Waals surface area contributed by atoms with Gasteiger partial charge in [-0.15, -0.1) is 0 Å². The van der Waals surface area contributed by atoms with E-state index < -0.39 is 30.6 Å². The Hall–Kier alpha value is -3.62. The SMILES string of the molecule is NC(=O)c1ccccc1CC(F)(F)C[CH]C(=O)NCCCCC(=O)c1nc2ccccc2o1. The van der Waals surface area contributed by atoms with Gasteiger partial charge in [0.1, 0.15) is 5.52 Å². The molecule has 0 atom stereocenters. The molecule has 0 aliphatic rings. The van der Waals surface area contributed by atoms with Crippen LogP contribution in [0.3, 0.4) is 0 Å². The highest BCUT2D eigenvalue weighted by molar-refractivity contribution is 5.94. The minimum Gasteiger partial charge on any atom is -0.434 e. The van der Waals surface area contributed by atoms with E-state index in [-0.39, 0.29) is 35.8 Å². The third-order valence-electron chi connectivity index (χ3n) is 4.98. The first-order valence-electron chi connectivity index (χ1n) is 10.5. The van der Waals surface area contributed by atoms with Crippen LogP contribution in [0, 0.1) is 6.42 Å². The van der Waals surface area contributed by atoms with Crippen LogP contribution in [0.5, 0.6) is 0 Å². The number of aromatic nitrogens is 1. The number of amides is 2. The van der Waals surface area contributed by atoms with Crippen LogP contribution in [0.2, 0.25) is 0 Å². The lowest BCUT2D eigenvalue weighted by molar-refractivity contribution is -0.119. The summed E-state index contributed by atoms with van der Waals surface area (Å²) in [5, 5.41) is 2.53. The Labute approximate surface area is 189 Å². The number of nitrogens with two attached hydrogens (primary N) is 1. The van der Waals surface area contributed by atoms with E-state index in [0.29, 0.717) is 23.9 Å². The third kappa shape index (κ3) is 6.93. The van der Waals surface area contributed by atoms with Crippen LogP contribution in [-0.4, -0.2) is 35.0 Å². The highest BCUT2D eigenvalue weighted by Gasteiger charge is 2.31. The van der Waals surface area contributed by atoms with Gasteiger partial charge in [-0.25, -0.2) is 13.8 Å². The number of alkyl halides is 2. The van der Waals surface area contributed by atoms with Gasteiger partial charge in [-0.1, -0.05) is 30.3 Å². The minimum absolute atomic E-state index is 0.0361. The highest BCUT2D eigenvalue weighted by Crippen LogP contribution is 2.26. The summed E-state index contributed by atoms with van der Waals surface area (Å²) in [6, 6.07) is 13.0. The van der Waals surface area contributed by atoms with Crippen molar-refractivity contribution in [2.24, 2.45) is 5.73 Å². The number of oxazole rings is 1. The molecule has 0 saturated heterocycles. The van der Waals surface area contributed by atoms with E-state index in [0.717, 1.165) is 6.42 Å². The average molecular weight is 456 g/mol. The zero-order valence-corrected chi connectivity index (χ0v) is 17.9. The molecule has 1 heterocycles. The van der Waals surface area contributed by atoms with Gasteiger partial charge in [-0.05, 0) is 36.6 Å². The molecule has 1 aromatic heterocycles. The normalized spacial score (nSPS) is 11.5. The van der Waals surface area contributed by atoms with Gasteiger partial charge in [0, 0.05) is 31.4 Å². The van der Waals surface area contributed by atoms with Crippen molar-refractivity contribution in [2.75, 3.05) is 6.54 Å². The minimum atomic E-state index is -3.21. The molecule has 0 aliphatic carbocycles. The molecule has 1 radical (unpaired) electrons. The molecule has 2 aromatic carbocycles. The van der Waals surface area contributed by atoms with Crippen LogP contribution in [0.15, 0.2) is 52.9 Å². The summed E-state index contributed by atoms with van der Waals surface area (Å²) in [7, 11) is 0. The van der Waals surface area contributed by atoms with E-state index in [9.17, 15) is 23.2 Å². The van der Waals surface area contributed by atoms with Crippen molar-refractivity contribution >= 4 is 28.7 Å². The van der Waals surface area contributed by atoms with Gasteiger partial charge in [-0.2, -0.15) is 0 Å². The first-order valence-corrected chi connectivity index (χ1v) is 10.5. The highest BCUT2D eigenvalue weighted by atomic mass is 19.3. The molecule has 0 unspecified atom stereocenters. The first kappa shape index (κ1) is 24.0. The lowest BCUT2D eigenvalue weighted by atomic mass is 9.98. The molecule has 0 fully saturated rings. The molecule has 3 aromatic rings. The Balaban J connectivity index is 1.35. The number of fused-ring (bicyclic) bond motifs is 1. The molecule has 173 valence electrons. The number of carbonyl (C=O) groups excluding carboxylic acids is 3. The van der Waals surface area contributed by atoms with E-state index >= 15 is 0 Å². The molecule has 0 saturated carbocycles. The molecular formula is C24H24F2N3O4. The maximum absolute atomic E-state index is 14.3. The summed E-state index contributed by atoms with van der Waals surface area (Å²) < 4.78 is 34.0. The Morgan fingerprint density at radius 3 is 2.55 bits per heavy atom. The van der Waals surface area contributed by atoms with E-state index in [1.54, 1.807) is 36.4 Å². The number of unbranched alkanes of at least 4 members (excludes halogenated alkanes) is 1. The number of benzene rings is 2. The number of rotatable bonds is 12. The molecule has 7 nitrogen and oxygen atoms in total. The average Bonchev–Trinajstić information content (AvgIpc) is 3.22. The number of carbonyl (C=O) groups is 3. The fraction of sp³-hybridized carbons (Fsp3) is 0.292. The molecule has 33 heavy (non-hydrogen) atoms. The number of hydrogen-bond acceptors (Lipinski definition) is 5. The fourth-order valence-corrected chi connectivity index (χ4v) is 3.30. The summed E-state index contributed by atoms with van der Waals surface area (Å²) >= 11 is 0. The van der Waals surface area contributed by atoms with Gasteiger partial charge in [0.2, 0.25) is 17.6 Å². The van der Waals surface area contributed by atoms with Crippen LogP contribution >= 0.6 is 0 Å². The lowest BCUT2D eigenvalue weighted by Gasteiger charge is -2.17. The van der Waals surface area contributed by atoms with Gasteiger partial charge >= 0.3 is 0 Å². The van der Waals surface area contributed by atoms with Crippen molar-refractivity contribution in [2.45, 2.75) is 38.0 Å². The van der Waals surface area contributed by atoms with E-state index in [1.165, 1.54) is 12.1 Å². The maximum atomic E-state index is 14.3. The molecular weight excluding hydrogens is 432 g/mol. The Bertz CT molecular complexity index is 1110. The van der Waals surface area contributed by atoms with Crippen LogP contribution < -0.4 is 11.1 Å². The molecule has 0 bridgehead atoms. The number of Topliss-reactive ketones (excluding diaryl/α,β-unsaturated/α-hetero) is 1. The van der Waals surface area contributed by atoms with Crippen LogP contribution in [0.25, 0.3) is 11.1 Å². The van der Waals surface area contributed by atoms with Gasteiger partial charge in [0.15, 0.2) is 5.58 Å². The monoisotopic (exact) mass is 456 g/mol. The number of para-hydroxylation sites is 2. The van der Waals surface area contributed by atoms with Crippen molar-refractivity contribution in [1.29, 1.82) is 0 Å². The molecule has 0 aliphatic heterocycles. The zero-order valence-electron chi connectivity index (χ0n) is 17.9. The lowest BCUT2D eigenvalue weighted by Crippen LogP contribution is -2.29. The zero-order chi connectivity index (χ0) is 23.8. The van der Waals surface area contributed by atoms with E-state index in [4.69, 9.17) is 10.2 Å². The van der Waals surface area contributed by atoms with Gasteiger partial charge in [-0.3, -0.25) is 14.4 Å². The number of nitrogens with one attached hydrogen (secondary N) is 1. The molecule has 0 spiro atoms. The standard InChI is InChI=1S/C24H24F2N3O4/c25-24(26,15-16-7-1-2-8-17(16)22(27)32)13-12-21(31)28-14-6-5-10-19(30)23-29-18-9-3-4-11-20(18)33-23/h1-4,7-9,11-12H,5-6,10,13-15H2,(H2,27,32)(H,28,31). The predicted molar refractivity (Wildman–Crippen MR) is 118 cm³/mol. The predicted octanol–water partition coefficient (Wildman–Crippen LogP) is 3.87. The smallest absolute Gasteiger partial charge is 0.264 e. The second-order valence-corrected chi connectivity index (χ2v) is 7.62. The van der Waals surface area contributed by atoms with Gasteiger partial charge in [0.25, 0.3) is 11.8 Å². The third-order valence-corrected chi connectivity index (χ3v) is 4.98. The Morgan fingerprint density at radius 1 is 1.06 bits per heavy atom. The van der Waals surface area contributed by atoms with Gasteiger partial charge in [0.05, 0.1) is 6.42 Å². The van der Waals surface area contributed by atoms with Crippen molar-refractivity contribution in [3.63, 3.8) is 0 Å². The maximum Gasteiger partial charge on any atom is 0.264 e. The second kappa shape index (κ2) is 10.8. The number of nitrogens with zero attached hydrogens (tertiary/aromatic N) is 1. The number of ketones is 1. The van der Waals surface area contributed by atoms with Crippen molar-refractivity contribution in [1.82, 2.24) is 10.3 Å². The van der Waals surface area contributed by atoms with Crippen LogP contribution in [0.1, 0.15) is 52.3 Å². The number of halogens is 2. The Morgan fingerprint density at radius 2 is 1.79 bits per heavy atom. The van der Waals surface area contributed by atoms with E-state index in [2.05, 4.69) is 10.3 Å². The fourth-order valence-electron chi connectivity index (χ4n) is 3.30. The summed E-state index contributed by atoms with van der Waals surface area (Å²) in [6.07, 6.45) is 0.585. The summed E-state index contributed by atoms with van der Waals surface area (Å²) in [5.74, 6) is -4.80. The van der Waals surface area contributed by atoms with Crippen molar-refractivity contribution < 1.29 is 27.6 Å². The summed E-state index contributed by atoms with van der Waals surface area (Å²) in [4.78, 5) is 39.6. The number of hydrogen-bond donors (Lipinski definition) is 2. The van der Waals surface area contributed by atoms with Crippen molar-refractivity contribution in [3.05, 3.63) is 72.0 Å². The molecule has 9 heteroatoms. The quantitative estimate of drug-likeness (QED) is 0.317. The second-order valence-electron chi connectivity index (χ2n) is 7.62. The molecule has 3 rings (SSSR count). The Kier molecular flexibility index (Phi) is 7.87. The molecule has 2 amide bonds. The largest absolute Gasteiger partial charge is 0.434 e. The summed E-state index contributed by atoms with van der Waals surface area (Å²) in [6.45, 7) is 0.242. The number of primary amides is 1. The topological polar surface area (TPSA) is 115 Å². The van der Waals surface area contributed by atoms with Crippen molar-refractivity contribution in [3.8, 4) is 0 Å². The van der Waals surface area contributed by atoms with Crippen LogP contribution in [0.4, 0.5) is 8.78 Å². The molecule has 3 N–H and O–H groups in total. The summed E-state index contributed by atoms with van der Waals surface area (Å²) in [5.41, 5.74) is 6.54.